The molecule has 66 valence electrons. The number of nitrogens with one attached hydrogen (secondary N) is 1. The molecule has 0 aliphatic heterocycles. The van der Waals surface area contributed by atoms with Crippen LogP contribution in [0.5, 0.6) is 0 Å². The van der Waals surface area contributed by atoms with Crippen LogP contribution in [0, 0.1) is 0 Å². The van der Waals surface area contributed by atoms with Crippen LogP contribution in [0.25, 0.3) is 0 Å². The van der Waals surface area contributed by atoms with E-state index in [1.54, 1.807) is 0 Å². The maximum absolute atomic E-state index is 3.66. The summed E-state index contributed by atoms with van der Waals surface area (Å²) in [6, 6.07) is 1.53. The normalized spacial score (nSPS) is 22.4. The molecule has 1 rings (SSSR count). The van der Waals surface area contributed by atoms with Crippen LogP contribution in [-0.4, -0.2) is 24.1 Å². The minimum atomic E-state index is 0.702. The molecule has 1 aliphatic carbocycles. The van der Waals surface area contributed by atoms with Gasteiger partial charge < -0.3 is 5.32 Å². The van der Waals surface area contributed by atoms with Crippen molar-refractivity contribution in [2.45, 2.75) is 44.7 Å². The molecule has 0 aromatic rings. The molecule has 1 saturated carbocycles. The average molecular weight is 173 g/mol. The second-order valence-electron chi connectivity index (χ2n) is 3.50. The fourth-order valence-electron chi connectivity index (χ4n) is 1.79. The maximum atomic E-state index is 3.66. The van der Waals surface area contributed by atoms with E-state index in [4.69, 9.17) is 0 Å². The van der Waals surface area contributed by atoms with Crippen LogP contribution in [0.3, 0.4) is 0 Å². The van der Waals surface area contributed by atoms with Gasteiger partial charge in [0.15, 0.2) is 0 Å². The second-order valence-corrected chi connectivity index (χ2v) is 4.42. The van der Waals surface area contributed by atoms with Crippen molar-refractivity contribution in [3.8, 4) is 0 Å². The SMILES string of the molecule is CSCC(C)NC1CCCC1. The minimum absolute atomic E-state index is 0.702. The summed E-state index contributed by atoms with van der Waals surface area (Å²) >= 11 is 1.93. The number of hydrogen-bond acceptors (Lipinski definition) is 2. The Morgan fingerprint density at radius 3 is 2.64 bits per heavy atom. The monoisotopic (exact) mass is 173 g/mol. The number of hydrogen-bond donors (Lipinski definition) is 1. The molecule has 0 aromatic heterocycles. The highest BCUT2D eigenvalue weighted by Crippen LogP contribution is 2.18. The molecule has 1 unspecified atom stereocenters. The van der Waals surface area contributed by atoms with Gasteiger partial charge in [0.05, 0.1) is 0 Å². The van der Waals surface area contributed by atoms with Crippen molar-refractivity contribution in [2.24, 2.45) is 0 Å². The molecular formula is C9H19NS. The Morgan fingerprint density at radius 2 is 2.09 bits per heavy atom. The van der Waals surface area contributed by atoms with Gasteiger partial charge in [-0.1, -0.05) is 12.8 Å². The molecule has 0 radical (unpaired) electrons. The lowest BCUT2D eigenvalue weighted by Gasteiger charge is -2.17. The first kappa shape index (κ1) is 9.40. The van der Waals surface area contributed by atoms with E-state index in [0.29, 0.717) is 6.04 Å². The van der Waals surface area contributed by atoms with Crippen molar-refractivity contribution < 1.29 is 0 Å². The molecular weight excluding hydrogens is 154 g/mol. The Bertz CT molecular complexity index is 99.7. The highest BCUT2D eigenvalue weighted by Gasteiger charge is 2.15. The Morgan fingerprint density at radius 1 is 1.45 bits per heavy atom. The maximum Gasteiger partial charge on any atom is 0.0132 e. The fraction of sp³-hybridized carbons (Fsp3) is 1.00. The van der Waals surface area contributed by atoms with E-state index in [2.05, 4.69) is 18.5 Å². The van der Waals surface area contributed by atoms with Gasteiger partial charge in [-0.15, -0.1) is 0 Å². The molecule has 1 nitrogen and oxygen atoms in total. The zero-order chi connectivity index (χ0) is 8.10. The lowest BCUT2D eigenvalue weighted by atomic mass is 10.2. The molecule has 0 saturated heterocycles. The predicted molar refractivity (Wildman–Crippen MR) is 53.2 cm³/mol. The zero-order valence-corrected chi connectivity index (χ0v) is 8.41. The summed E-state index contributed by atoms with van der Waals surface area (Å²) in [4.78, 5) is 0. The third-order valence-electron chi connectivity index (χ3n) is 2.29. The first-order valence-corrected chi connectivity index (χ1v) is 5.97. The summed E-state index contributed by atoms with van der Waals surface area (Å²) in [5.74, 6) is 1.25. The van der Waals surface area contributed by atoms with Crippen molar-refractivity contribution in [2.75, 3.05) is 12.0 Å². The highest BCUT2D eigenvalue weighted by molar-refractivity contribution is 7.98. The van der Waals surface area contributed by atoms with Gasteiger partial charge in [-0.25, -0.2) is 0 Å². The van der Waals surface area contributed by atoms with Crippen LogP contribution in [0.15, 0.2) is 0 Å². The van der Waals surface area contributed by atoms with Gasteiger partial charge in [0, 0.05) is 17.8 Å². The van der Waals surface area contributed by atoms with Gasteiger partial charge in [-0.05, 0) is 26.0 Å². The molecule has 11 heavy (non-hydrogen) atoms. The molecule has 0 spiro atoms. The molecule has 0 heterocycles. The van der Waals surface area contributed by atoms with E-state index in [-0.39, 0.29) is 0 Å². The van der Waals surface area contributed by atoms with E-state index in [1.807, 2.05) is 11.8 Å². The molecule has 1 N–H and O–H groups in total. The van der Waals surface area contributed by atoms with Gasteiger partial charge in [-0.2, -0.15) is 11.8 Å². The Labute approximate surface area is 74.3 Å². The lowest BCUT2D eigenvalue weighted by molar-refractivity contribution is 0.475. The van der Waals surface area contributed by atoms with Gasteiger partial charge in [0.2, 0.25) is 0 Å². The summed E-state index contributed by atoms with van der Waals surface area (Å²) in [5, 5.41) is 3.66. The van der Waals surface area contributed by atoms with E-state index in [1.165, 1.54) is 31.4 Å². The fourth-order valence-corrected chi connectivity index (χ4v) is 2.39. The highest BCUT2D eigenvalue weighted by atomic mass is 32.2. The van der Waals surface area contributed by atoms with E-state index >= 15 is 0 Å². The number of thioether (sulfide) groups is 1. The van der Waals surface area contributed by atoms with Crippen LogP contribution >= 0.6 is 11.8 Å². The third kappa shape index (κ3) is 3.48. The molecule has 2 heteroatoms. The van der Waals surface area contributed by atoms with Crippen molar-refractivity contribution in [1.82, 2.24) is 5.32 Å². The van der Waals surface area contributed by atoms with Gasteiger partial charge in [0.1, 0.15) is 0 Å². The molecule has 1 atom stereocenters. The second kappa shape index (κ2) is 5.04. The largest absolute Gasteiger partial charge is 0.311 e. The van der Waals surface area contributed by atoms with Crippen LogP contribution in [0.1, 0.15) is 32.6 Å². The number of rotatable bonds is 4. The Balaban J connectivity index is 2.08. The van der Waals surface area contributed by atoms with Gasteiger partial charge in [-0.3, -0.25) is 0 Å². The lowest BCUT2D eigenvalue weighted by Crippen LogP contribution is -2.36. The quantitative estimate of drug-likeness (QED) is 0.700. The van der Waals surface area contributed by atoms with Crippen molar-refractivity contribution in [3.05, 3.63) is 0 Å². The summed E-state index contributed by atoms with van der Waals surface area (Å²) in [5.41, 5.74) is 0. The van der Waals surface area contributed by atoms with E-state index in [9.17, 15) is 0 Å². The minimum Gasteiger partial charge on any atom is -0.311 e. The van der Waals surface area contributed by atoms with Crippen molar-refractivity contribution >= 4 is 11.8 Å². The van der Waals surface area contributed by atoms with Gasteiger partial charge in [0.25, 0.3) is 0 Å². The summed E-state index contributed by atoms with van der Waals surface area (Å²) in [7, 11) is 0. The molecule has 1 aliphatic rings. The third-order valence-corrected chi connectivity index (χ3v) is 3.13. The summed E-state index contributed by atoms with van der Waals surface area (Å²) in [6.45, 7) is 2.29. The molecule has 0 bridgehead atoms. The zero-order valence-electron chi connectivity index (χ0n) is 7.60. The van der Waals surface area contributed by atoms with Crippen molar-refractivity contribution in [1.29, 1.82) is 0 Å². The average Bonchev–Trinajstić information content (AvgIpc) is 2.40. The molecule has 0 amide bonds. The van der Waals surface area contributed by atoms with E-state index < -0.39 is 0 Å². The van der Waals surface area contributed by atoms with Crippen LogP contribution in [0.2, 0.25) is 0 Å². The Kier molecular flexibility index (Phi) is 4.31. The van der Waals surface area contributed by atoms with Crippen LogP contribution in [-0.2, 0) is 0 Å². The molecule has 1 fully saturated rings. The smallest absolute Gasteiger partial charge is 0.0132 e. The summed E-state index contributed by atoms with van der Waals surface area (Å²) < 4.78 is 0. The van der Waals surface area contributed by atoms with Crippen molar-refractivity contribution in [3.63, 3.8) is 0 Å². The van der Waals surface area contributed by atoms with E-state index in [0.717, 1.165) is 6.04 Å². The molecule has 0 aromatic carbocycles. The summed E-state index contributed by atoms with van der Waals surface area (Å²) in [6.07, 6.45) is 7.84. The first-order chi connectivity index (χ1) is 5.33. The first-order valence-electron chi connectivity index (χ1n) is 4.58. The standard InChI is InChI=1S/C9H19NS/c1-8(7-11-2)10-9-5-3-4-6-9/h8-10H,3-7H2,1-2H3. The predicted octanol–water partition coefficient (Wildman–Crippen LogP) is 2.27. The van der Waals surface area contributed by atoms with Crippen LogP contribution in [0.4, 0.5) is 0 Å². The van der Waals surface area contributed by atoms with Crippen LogP contribution < -0.4 is 5.32 Å². The topological polar surface area (TPSA) is 12.0 Å². The van der Waals surface area contributed by atoms with Gasteiger partial charge >= 0.3 is 0 Å². The Hall–Kier alpha value is 0.310.